The first-order valence-corrected chi connectivity index (χ1v) is 28.2. The van der Waals surface area contributed by atoms with Gasteiger partial charge in [-0.1, -0.05) is 90.4 Å². The lowest BCUT2D eigenvalue weighted by molar-refractivity contribution is -0.145. The number of ether oxygens (including phenoxy) is 4. The first-order valence-electron chi connectivity index (χ1n) is 28.2. The third-order valence-corrected chi connectivity index (χ3v) is 12.9. The van der Waals surface area contributed by atoms with Crippen molar-refractivity contribution in [2.45, 2.75) is 206 Å². The van der Waals surface area contributed by atoms with Gasteiger partial charge in [-0.05, 0) is 58.3 Å². The first-order chi connectivity index (χ1) is 37.3. The molecule has 448 valence electrons. The molecule has 0 aliphatic heterocycles. The zero-order chi connectivity index (χ0) is 58.2. The molecule has 0 fully saturated rings. The van der Waals surface area contributed by atoms with Crippen LogP contribution in [0.5, 0.6) is 0 Å². The Labute approximate surface area is 460 Å². The summed E-state index contributed by atoms with van der Waals surface area (Å²) in [6.07, 6.45) is 16.3. The highest BCUT2D eigenvalue weighted by molar-refractivity contribution is 5.87. The molecule has 0 heterocycles. The highest BCUT2D eigenvalue weighted by atomic mass is 16.5. The second kappa shape index (κ2) is 48.7. The molecule has 0 aromatic carbocycles. The van der Waals surface area contributed by atoms with Gasteiger partial charge < -0.3 is 60.6 Å². The maximum absolute atomic E-state index is 12.6. The van der Waals surface area contributed by atoms with Crippen molar-refractivity contribution in [2.75, 3.05) is 65.9 Å². The van der Waals surface area contributed by atoms with Gasteiger partial charge in [-0.2, -0.15) is 0 Å². The van der Waals surface area contributed by atoms with Crippen LogP contribution in [0.1, 0.15) is 194 Å². The fraction of sp³-hybridized carbons (Fsp3) is 0.800. The average Bonchev–Trinajstić information content (AvgIpc) is 3.38. The summed E-state index contributed by atoms with van der Waals surface area (Å²) < 4.78 is 21.4. The van der Waals surface area contributed by atoms with E-state index in [-0.39, 0.29) is 147 Å². The number of carboxylic acid groups (broad SMARTS) is 4. The molecule has 0 bridgehead atoms. The van der Waals surface area contributed by atoms with Gasteiger partial charge in [-0.25, -0.2) is 9.59 Å². The largest absolute Gasteiger partial charge is 0.481 e. The number of Topliss-reactive ketones (excluding diaryl/α,β-unsaturated/α-hetero) is 3. The SMILES string of the molecule is CC(=O)[C@@H](C)CCCCNC(=O)CC[C@H](CC(=O)COCCOCCNC(=O)COCCOCCCC(=O)CC[C@H](NC(=O)CC[C@H](NC(=O)CCCCCCCCCCCCCCCCC(=O)O)C(=O)O)C(=O)O)C(=O)O. The van der Waals surface area contributed by atoms with E-state index in [4.69, 9.17) is 24.1 Å². The topological polar surface area (TPSA) is 354 Å². The molecule has 0 aliphatic rings. The molecule has 4 amide bonds. The first kappa shape index (κ1) is 72.6. The van der Waals surface area contributed by atoms with Gasteiger partial charge in [-0.3, -0.25) is 43.2 Å². The van der Waals surface area contributed by atoms with Crippen molar-refractivity contribution in [1.82, 2.24) is 21.3 Å². The fourth-order valence-corrected chi connectivity index (χ4v) is 7.96. The summed E-state index contributed by atoms with van der Waals surface area (Å²) in [5, 5.41) is 47.5. The van der Waals surface area contributed by atoms with Gasteiger partial charge in [0.25, 0.3) is 0 Å². The van der Waals surface area contributed by atoms with Crippen LogP contribution in [0, 0.1) is 11.8 Å². The molecule has 78 heavy (non-hydrogen) atoms. The Balaban J connectivity index is 4.00. The van der Waals surface area contributed by atoms with Crippen LogP contribution in [0.3, 0.4) is 0 Å². The van der Waals surface area contributed by atoms with E-state index in [0.29, 0.717) is 25.8 Å². The molecule has 0 aromatic rings. The van der Waals surface area contributed by atoms with Crippen LogP contribution in [-0.4, -0.2) is 163 Å². The predicted octanol–water partition coefficient (Wildman–Crippen LogP) is 5.50. The third-order valence-electron chi connectivity index (χ3n) is 12.9. The smallest absolute Gasteiger partial charge is 0.326 e. The van der Waals surface area contributed by atoms with E-state index in [1.807, 2.05) is 6.92 Å². The second-order valence-electron chi connectivity index (χ2n) is 19.8. The van der Waals surface area contributed by atoms with Crippen molar-refractivity contribution in [3.05, 3.63) is 0 Å². The molecule has 0 aromatic heterocycles. The summed E-state index contributed by atoms with van der Waals surface area (Å²) in [6.45, 7) is 4.26. The third kappa shape index (κ3) is 45.6. The molecule has 0 spiro atoms. The van der Waals surface area contributed by atoms with E-state index in [1.165, 1.54) is 25.7 Å². The van der Waals surface area contributed by atoms with E-state index >= 15 is 0 Å². The number of unbranched alkanes of at least 4 members (excludes halogenated alkanes) is 14. The van der Waals surface area contributed by atoms with E-state index < -0.39 is 65.4 Å². The van der Waals surface area contributed by atoms with Crippen LogP contribution >= 0.6 is 0 Å². The summed E-state index contributed by atoms with van der Waals surface area (Å²) >= 11 is 0. The summed E-state index contributed by atoms with van der Waals surface area (Å²) in [4.78, 5) is 131. The number of ketones is 3. The minimum Gasteiger partial charge on any atom is -0.481 e. The van der Waals surface area contributed by atoms with Crippen LogP contribution in [0.2, 0.25) is 0 Å². The van der Waals surface area contributed by atoms with E-state index in [1.54, 1.807) is 6.92 Å². The number of hydrogen-bond acceptors (Lipinski definition) is 15. The van der Waals surface area contributed by atoms with Gasteiger partial charge in [0.2, 0.25) is 23.6 Å². The number of carbonyl (C=O) groups excluding carboxylic acids is 7. The molecule has 23 heteroatoms. The molecule has 0 saturated carbocycles. The van der Waals surface area contributed by atoms with E-state index in [9.17, 15) is 68.1 Å². The Kier molecular flexibility index (Phi) is 45.3. The highest BCUT2D eigenvalue weighted by Crippen LogP contribution is 2.16. The number of aliphatic carboxylic acids is 4. The van der Waals surface area contributed by atoms with Gasteiger partial charge in [0.1, 0.15) is 36.9 Å². The van der Waals surface area contributed by atoms with Gasteiger partial charge in [0, 0.05) is 70.6 Å². The fourth-order valence-electron chi connectivity index (χ4n) is 7.96. The van der Waals surface area contributed by atoms with Crippen molar-refractivity contribution < 1.29 is 92.1 Å². The molecule has 8 N–H and O–H groups in total. The van der Waals surface area contributed by atoms with Gasteiger partial charge in [-0.15, -0.1) is 0 Å². The molecular weight excluding hydrogens is 1020 g/mol. The minimum atomic E-state index is -1.37. The quantitative estimate of drug-likeness (QED) is 0.0349. The average molecular weight is 1120 g/mol. The standard InChI is InChI=1S/C55H94N4O19/c1-41(42(2)60)20-17-18-30-56-48(63)28-24-43(53(69)70)38-45(62)39-77-36-35-76-33-31-57-51(66)40-78-37-34-75-32-19-21-44(61)25-26-46(54(71)72)59-50(65)29-27-47(55(73)74)58-49(64)22-15-13-11-9-7-5-3-4-6-8-10-12-14-16-23-52(67)68/h41,43,46-47H,3-40H2,1-2H3,(H,56,63)(H,57,66)(H,58,64)(H,59,65)(H,67,68)(H,69,70)(H,71,72)(H,73,74)/t41-,43+,46-,47-/m0/s1. The maximum Gasteiger partial charge on any atom is 0.326 e. The van der Waals surface area contributed by atoms with E-state index in [2.05, 4.69) is 21.3 Å². The number of nitrogens with one attached hydrogen (secondary N) is 4. The van der Waals surface area contributed by atoms with Gasteiger partial charge in [0.05, 0.1) is 39.0 Å². The Morgan fingerprint density at radius 3 is 1.40 bits per heavy atom. The molecule has 0 radical (unpaired) electrons. The normalized spacial score (nSPS) is 12.6. The van der Waals surface area contributed by atoms with Crippen LogP contribution in [0.25, 0.3) is 0 Å². The number of amides is 4. The molecule has 0 unspecified atom stereocenters. The van der Waals surface area contributed by atoms with Crippen LogP contribution in [-0.2, 0) is 71.7 Å². The number of rotatable bonds is 56. The summed E-state index contributed by atoms with van der Waals surface area (Å²) in [5.74, 6) is -8.02. The second-order valence-corrected chi connectivity index (χ2v) is 19.8. The van der Waals surface area contributed by atoms with Gasteiger partial charge >= 0.3 is 23.9 Å². The minimum absolute atomic E-state index is 0.00423. The zero-order valence-electron chi connectivity index (χ0n) is 46.6. The molecule has 0 aliphatic carbocycles. The summed E-state index contributed by atoms with van der Waals surface area (Å²) in [5.41, 5.74) is 0. The summed E-state index contributed by atoms with van der Waals surface area (Å²) in [7, 11) is 0. The monoisotopic (exact) mass is 1110 g/mol. The van der Waals surface area contributed by atoms with Crippen molar-refractivity contribution >= 4 is 64.9 Å². The summed E-state index contributed by atoms with van der Waals surface area (Å²) in [6, 6.07) is -2.69. The molecule has 0 saturated heterocycles. The molecule has 4 atom stereocenters. The molecule has 0 rings (SSSR count). The lowest BCUT2D eigenvalue weighted by atomic mass is 9.97. The number of hydrogen-bond donors (Lipinski definition) is 8. The van der Waals surface area contributed by atoms with Crippen LogP contribution in [0.15, 0.2) is 0 Å². The lowest BCUT2D eigenvalue weighted by Gasteiger charge is -2.17. The molecular formula is C55H94N4O19. The Hall–Kier alpha value is -5.39. The van der Waals surface area contributed by atoms with Crippen molar-refractivity contribution in [3.8, 4) is 0 Å². The predicted molar refractivity (Wildman–Crippen MR) is 286 cm³/mol. The van der Waals surface area contributed by atoms with E-state index in [0.717, 1.165) is 70.6 Å². The van der Waals surface area contributed by atoms with Gasteiger partial charge in [0.15, 0.2) is 5.78 Å². The zero-order valence-corrected chi connectivity index (χ0v) is 46.6. The van der Waals surface area contributed by atoms with Crippen molar-refractivity contribution in [2.24, 2.45) is 11.8 Å². The number of carbonyl (C=O) groups is 11. The Morgan fingerprint density at radius 1 is 0.385 bits per heavy atom. The Bertz CT molecular complexity index is 1760. The van der Waals surface area contributed by atoms with Crippen LogP contribution < -0.4 is 21.3 Å². The van der Waals surface area contributed by atoms with Crippen molar-refractivity contribution in [3.63, 3.8) is 0 Å². The lowest BCUT2D eigenvalue weighted by Crippen LogP contribution is -2.44. The van der Waals surface area contributed by atoms with Crippen LogP contribution in [0.4, 0.5) is 0 Å². The molecule has 23 nitrogen and oxygen atoms in total. The highest BCUT2D eigenvalue weighted by Gasteiger charge is 2.25. The van der Waals surface area contributed by atoms with Crippen molar-refractivity contribution in [1.29, 1.82) is 0 Å². The number of carboxylic acids is 4. The Morgan fingerprint density at radius 2 is 0.859 bits per heavy atom. The maximum atomic E-state index is 12.6.